The Morgan fingerprint density at radius 3 is 2.75 bits per heavy atom. The van der Waals surface area contributed by atoms with E-state index in [1.165, 1.54) is 12.1 Å². The van der Waals surface area contributed by atoms with Gasteiger partial charge in [-0.15, -0.1) is 0 Å². The van der Waals surface area contributed by atoms with Crippen LogP contribution in [0.4, 0.5) is 10.1 Å². The quantitative estimate of drug-likeness (QED) is 0.752. The number of hydrogen-bond donors (Lipinski definition) is 1. The van der Waals surface area contributed by atoms with E-state index in [1.54, 1.807) is 36.7 Å². The molecule has 1 aromatic carbocycles. The molecule has 1 amide bonds. The van der Waals surface area contributed by atoms with Crippen molar-refractivity contribution in [3.8, 4) is 11.4 Å². The van der Waals surface area contributed by atoms with Crippen LogP contribution in [0.15, 0.2) is 53.3 Å². The predicted molar refractivity (Wildman–Crippen MR) is 85.5 cm³/mol. The van der Waals surface area contributed by atoms with Crippen LogP contribution in [-0.2, 0) is 11.2 Å². The molecule has 6 nitrogen and oxygen atoms in total. The lowest BCUT2D eigenvalue weighted by Crippen LogP contribution is -2.12. The molecule has 0 aliphatic heterocycles. The highest BCUT2D eigenvalue weighted by molar-refractivity contribution is 5.90. The number of para-hydroxylation sites is 1. The first-order valence-electron chi connectivity index (χ1n) is 7.50. The van der Waals surface area contributed by atoms with Gasteiger partial charge in [-0.25, -0.2) is 4.39 Å². The molecule has 0 aliphatic rings. The van der Waals surface area contributed by atoms with Crippen LogP contribution >= 0.6 is 0 Å². The Bertz CT molecular complexity index is 820. The normalized spacial score (nSPS) is 10.5. The van der Waals surface area contributed by atoms with Crippen LogP contribution in [0.1, 0.15) is 18.7 Å². The van der Waals surface area contributed by atoms with Gasteiger partial charge in [-0.2, -0.15) is 4.98 Å². The van der Waals surface area contributed by atoms with Crippen molar-refractivity contribution in [1.82, 2.24) is 15.1 Å². The Labute approximate surface area is 137 Å². The number of hydrogen-bond acceptors (Lipinski definition) is 5. The molecule has 0 aliphatic carbocycles. The number of pyridine rings is 1. The lowest BCUT2D eigenvalue weighted by Gasteiger charge is -2.05. The van der Waals surface area contributed by atoms with E-state index in [2.05, 4.69) is 20.4 Å². The molecule has 3 aromatic rings. The van der Waals surface area contributed by atoms with Gasteiger partial charge in [0.2, 0.25) is 17.6 Å². The smallest absolute Gasteiger partial charge is 0.226 e. The summed E-state index contributed by atoms with van der Waals surface area (Å²) >= 11 is 0. The van der Waals surface area contributed by atoms with Crippen molar-refractivity contribution in [2.45, 2.75) is 19.3 Å². The molecule has 0 fully saturated rings. The molecule has 2 aromatic heterocycles. The van der Waals surface area contributed by atoms with Crippen LogP contribution in [0.3, 0.4) is 0 Å². The molecule has 0 saturated carbocycles. The van der Waals surface area contributed by atoms with Crippen LogP contribution in [0, 0.1) is 5.82 Å². The average molecular weight is 326 g/mol. The van der Waals surface area contributed by atoms with Gasteiger partial charge >= 0.3 is 0 Å². The lowest BCUT2D eigenvalue weighted by molar-refractivity contribution is -0.116. The van der Waals surface area contributed by atoms with Crippen molar-refractivity contribution in [1.29, 1.82) is 0 Å². The van der Waals surface area contributed by atoms with Crippen LogP contribution in [0.5, 0.6) is 0 Å². The van der Waals surface area contributed by atoms with E-state index in [0.717, 1.165) is 5.56 Å². The van der Waals surface area contributed by atoms with Gasteiger partial charge in [0.1, 0.15) is 5.82 Å². The maximum absolute atomic E-state index is 13.4. The summed E-state index contributed by atoms with van der Waals surface area (Å²) < 4.78 is 18.6. The van der Waals surface area contributed by atoms with Crippen LogP contribution in [0.2, 0.25) is 0 Å². The first kappa shape index (κ1) is 15.8. The standard InChI is InChI=1S/C17H15FN4O2/c18-13-4-1-2-5-14(13)20-15(23)6-3-7-16-21-17(22-24-16)12-8-10-19-11-9-12/h1-2,4-5,8-11H,3,6-7H2,(H,20,23). The average Bonchev–Trinajstić information content (AvgIpc) is 3.07. The third-order valence-corrected chi connectivity index (χ3v) is 3.35. The minimum atomic E-state index is -0.454. The number of rotatable bonds is 6. The Balaban J connectivity index is 1.49. The van der Waals surface area contributed by atoms with E-state index in [-0.39, 0.29) is 18.0 Å². The van der Waals surface area contributed by atoms with Gasteiger partial charge in [0.05, 0.1) is 5.69 Å². The summed E-state index contributed by atoms with van der Waals surface area (Å²) in [5.74, 6) is 0.238. The van der Waals surface area contributed by atoms with Crippen LogP contribution in [0.25, 0.3) is 11.4 Å². The summed E-state index contributed by atoms with van der Waals surface area (Å²) in [6, 6.07) is 9.63. The second kappa shape index (κ2) is 7.45. The molecule has 122 valence electrons. The van der Waals surface area contributed by atoms with Crippen molar-refractivity contribution in [2.75, 3.05) is 5.32 Å². The zero-order valence-electron chi connectivity index (χ0n) is 12.8. The van der Waals surface area contributed by atoms with Crippen molar-refractivity contribution in [2.24, 2.45) is 0 Å². The molecule has 3 rings (SSSR count). The minimum absolute atomic E-state index is 0.181. The molecular formula is C17H15FN4O2. The highest BCUT2D eigenvalue weighted by Crippen LogP contribution is 2.16. The lowest BCUT2D eigenvalue weighted by atomic mass is 10.2. The molecule has 0 bridgehead atoms. The zero-order valence-corrected chi connectivity index (χ0v) is 12.8. The first-order chi connectivity index (χ1) is 11.7. The fraction of sp³-hybridized carbons (Fsp3) is 0.176. The fourth-order valence-corrected chi connectivity index (χ4v) is 2.15. The van der Waals surface area contributed by atoms with Crippen molar-refractivity contribution in [3.05, 3.63) is 60.5 Å². The molecule has 0 atom stereocenters. The molecule has 0 radical (unpaired) electrons. The fourth-order valence-electron chi connectivity index (χ4n) is 2.15. The maximum Gasteiger partial charge on any atom is 0.226 e. The van der Waals surface area contributed by atoms with Gasteiger partial charge in [0.15, 0.2) is 0 Å². The molecule has 1 N–H and O–H groups in total. The van der Waals surface area contributed by atoms with Crippen LogP contribution < -0.4 is 5.32 Å². The number of anilines is 1. The van der Waals surface area contributed by atoms with Gasteiger partial charge in [-0.1, -0.05) is 17.3 Å². The topological polar surface area (TPSA) is 80.9 Å². The molecule has 0 unspecified atom stereocenters. The zero-order chi connectivity index (χ0) is 16.8. The van der Waals surface area contributed by atoms with Gasteiger partial charge in [-0.3, -0.25) is 9.78 Å². The molecular weight excluding hydrogens is 311 g/mol. The van der Waals surface area contributed by atoms with Crippen molar-refractivity contribution < 1.29 is 13.7 Å². The molecule has 2 heterocycles. The van der Waals surface area contributed by atoms with Gasteiger partial charge in [0.25, 0.3) is 0 Å². The second-order valence-electron chi connectivity index (χ2n) is 5.13. The summed E-state index contributed by atoms with van der Waals surface area (Å²) in [5.41, 5.74) is 0.998. The number of nitrogens with zero attached hydrogens (tertiary/aromatic N) is 3. The number of aromatic nitrogens is 3. The number of halogens is 1. The monoisotopic (exact) mass is 326 g/mol. The van der Waals surface area contributed by atoms with Gasteiger partial charge < -0.3 is 9.84 Å². The van der Waals surface area contributed by atoms with Gasteiger partial charge in [-0.05, 0) is 30.7 Å². The number of carbonyl (C=O) groups is 1. The summed E-state index contributed by atoms with van der Waals surface area (Å²) in [7, 11) is 0. The summed E-state index contributed by atoms with van der Waals surface area (Å²) in [6.45, 7) is 0. The number of amides is 1. The molecule has 7 heteroatoms. The first-order valence-corrected chi connectivity index (χ1v) is 7.50. The highest BCUT2D eigenvalue weighted by atomic mass is 19.1. The van der Waals surface area contributed by atoms with E-state index in [0.29, 0.717) is 24.6 Å². The summed E-state index contributed by atoms with van der Waals surface area (Å²) in [5, 5.41) is 6.44. The molecule has 0 saturated heterocycles. The number of benzene rings is 1. The number of carbonyl (C=O) groups excluding carboxylic acids is 1. The SMILES string of the molecule is O=C(CCCc1nc(-c2ccncc2)no1)Nc1ccccc1F. The van der Waals surface area contributed by atoms with E-state index in [4.69, 9.17) is 4.52 Å². The Hall–Kier alpha value is -3.09. The molecule has 0 spiro atoms. The van der Waals surface area contributed by atoms with Crippen molar-refractivity contribution in [3.63, 3.8) is 0 Å². The van der Waals surface area contributed by atoms with E-state index >= 15 is 0 Å². The maximum atomic E-state index is 13.4. The largest absolute Gasteiger partial charge is 0.339 e. The number of nitrogens with one attached hydrogen (secondary N) is 1. The highest BCUT2D eigenvalue weighted by Gasteiger charge is 2.10. The summed E-state index contributed by atoms with van der Waals surface area (Å²) in [4.78, 5) is 20.0. The minimum Gasteiger partial charge on any atom is -0.339 e. The Morgan fingerprint density at radius 1 is 1.17 bits per heavy atom. The Kier molecular flexibility index (Phi) is 4.90. The second-order valence-corrected chi connectivity index (χ2v) is 5.13. The van der Waals surface area contributed by atoms with E-state index in [1.807, 2.05) is 0 Å². The van der Waals surface area contributed by atoms with E-state index < -0.39 is 5.82 Å². The van der Waals surface area contributed by atoms with Crippen molar-refractivity contribution >= 4 is 11.6 Å². The predicted octanol–water partition coefficient (Wildman–Crippen LogP) is 3.23. The van der Waals surface area contributed by atoms with Gasteiger partial charge in [0, 0.05) is 30.8 Å². The summed E-state index contributed by atoms with van der Waals surface area (Å²) in [6.07, 6.45) is 4.54. The third-order valence-electron chi connectivity index (χ3n) is 3.35. The van der Waals surface area contributed by atoms with Crippen LogP contribution in [-0.4, -0.2) is 21.0 Å². The molecule has 24 heavy (non-hydrogen) atoms. The van der Waals surface area contributed by atoms with E-state index in [9.17, 15) is 9.18 Å². The Morgan fingerprint density at radius 2 is 1.96 bits per heavy atom. The third kappa shape index (κ3) is 4.01. The number of aryl methyl sites for hydroxylation is 1.